The van der Waals surface area contributed by atoms with Crippen molar-refractivity contribution in [1.82, 2.24) is 5.32 Å². The number of hydrogen-bond acceptors (Lipinski definition) is 3. The zero-order valence-corrected chi connectivity index (χ0v) is 14.9. The van der Waals surface area contributed by atoms with Gasteiger partial charge in [0.15, 0.2) is 0 Å². The highest BCUT2D eigenvalue weighted by Gasteiger charge is 2.59. The molecule has 4 nitrogen and oxygen atoms in total. The van der Waals surface area contributed by atoms with E-state index in [9.17, 15) is 23.1 Å². The maximum absolute atomic E-state index is 14.4. The lowest BCUT2D eigenvalue weighted by atomic mass is 9.92. The van der Waals surface area contributed by atoms with Crippen molar-refractivity contribution in [2.24, 2.45) is 0 Å². The molecule has 1 aliphatic carbocycles. The Balaban J connectivity index is 1.58. The fourth-order valence-corrected chi connectivity index (χ4v) is 3.89. The van der Waals surface area contributed by atoms with E-state index in [0.717, 1.165) is 5.56 Å². The Morgan fingerprint density at radius 3 is 2.50 bits per heavy atom. The van der Waals surface area contributed by atoms with Crippen LogP contribution in [0.5, 0.6) is 0 Å². The van der Waals surface area contributed by atoms with Crippen LogP contribution in [-0.4, -0.2) is 41.7 Å². The molecule has 144 valence electrons. The number of aliphatic hydroxyl groups is 1. The number of nitrogens with zero attached hydrogens (tertiary/aromatic N) is 1. The number of piperidine rings is 1. The van der Waals surface area contributed by atoms with E-state index >= 15 is 0 Å². The molecule has 1 aliphatic heterocycles. The molecular formula is C19H25F3N2O2. The second kappa shape index (κ2) is 7.10. The Labute approximate surface area is 151 Å². The molecule has 7 heteroatoms. The van der Waals surface area contributed by atoms with Crippen LogP contribution < -0.4 is 10.2 Å². The molecule has 26 heavy (non-hydrogen) atoms. The Hall–Kier alpha value is -1.76. The van der Waals surface area contributed by atoms with E-state index in [2.05, 4.69) is 5.32 Å². The van der Waals surface area contributed by atoms with E-state index in [-0.39, 0.29) is 18.7 Å². The second-order valence-electron chi connectivity index (χ2n) is 7.50. The molecule has 1 saturated heterocycles. The fourth-order valence-electron chi connectivity index (χ4n) is 3.89. The number of halogens is 3. The molecule has 0 radical (unpaired) electrons. The molecule has 2 N–H and O–H groups in total. The smallest absolute Gasteiger partial charge is 0.352 e. The summed E-state index contributed by atoms with van der Waals surface area (Å²) in [6, 6.07) is 4.48. The van der Waals surface area contributed by atoms with Crippen LogP contribution in [0.4, 0.5) is 18.9 Å². The SMILES string of the molecule is Cc1ccc(F)c(N2CCC(NC(=O)C(F)(F)C3(O)CCCC3)CC2)c1. The molecule has 2 aliphatic rings. The van der Waals surface area contributed by atoms with Crippen molar-refractivity contribution in [3.8, 4) is 0 Å². The summed E-state index contributed by atoms with van der Waals surface area (Å²) in [5.41, 5.74) is -0.788. The summed E-state index contributed by atoms with van der Waals surface area (Å²) in [5, 5.41) is 12.5. The molecule has 0 spiro atoms. The summed E-state index contributed by atoms with van der Waals surface area (Å²) < 4.78 is 42.8. The number of carbonyl (C=O) groups excluding carboxylic acids is 1. The van der Waals surface area contributed by atoms with E-state index < -0.39 is 23.5 Å². The van der Waals surface area contributed by atoms with Gasteiger partial charge in [-0.05, 0) is 50.3 Å². The van der Waals surface area contributed by atoms with Gasteiger partial charge in [0, 0.05) is 19.1 Å². The number of hydrogen-bond donors (Lipinski definition) is 2. The molecule has 0 unspecified atom stereocenters. The van der Waals surface area contributed by atoms with E-state index in [1.807, 2.05) is 11.8 Å². The molecule has 1 amide bonds. The highest BCUT2D eigenvalue weighted by molar-refractivity contribution is 5.85. The van der Waals surface area contributed by atoms with Gasteiger partial charge in [-0.2, -0.15) is 8.78 Å². The minimum absolute atomic E-state index is 0.0570. The summed E-state index contributed by atoms with van der Waals surface area (Å²) in [4.78, 5) is 13.9. The maximum atomic E-state index is 14.4. The van der Waals surface area contributed by atoms with E-state index in [1.54, 1.807) is 12.1 Å². The van der Waals surface area contributed by atoms with Gasteiger partial charge in [0.05, 0.1) is 5.69 Å². The molecule has 1 aromatic rings. The molecule has 1 aromatic carbocycles. The normalized spacial score (nSPS) is 21.0. The van der Waals surface area contributed by atoms with Crippen molar-refractivity contribution in [2.45, 2.75) is 63.0 Å². The highest BCUT2D eigenvalue weighted by atomic mass is 19.3. The Morgan fingerprint density at radius 1 is 1.27 bits per heavy atom. The van der Waals surface area contributed by atoms with Crippen LogP contribution >= 0.6 is 0 Å². The minimum Gasteiger partial charge on any atom is -0.383 e. The molecule has 0 bridgehead atoms. The largest absolute Gasteiger partial charge is 0.383 e. The van der Waals surface area contributed by atoms with Gasteiger partial charge < -0.3 is 15.3 Å². The number of rotatable bonds is 4. The highest BCUT2D eigenvalue weighted by Crippen LogP contribution is 2.42. The molecule has 3 rings (SSSR count). The lowest BCUT2D eigenvalue weighted by Crippen LogP contribution is -2.58. The van der Waals surface area contributed by atoms with Crippen LogP contribution in [0.2, 0.25) is 0 Å². The first kappa shape index (κ1) is 19.0. The lowest BCUT2D eigenvalue weighted by Gasteiger charge is -2.36. The van der Waals surface area contributed by atoms with Gasteiger partial charge in [0.1, 0.15) is 11.4 Å². The van der Waals surface area contributed by atoms with Crippen LogP contribution in [0.1, 0.15) is 44.1 Å². The first-order chi connectivity index (χ1) is 12.2. The Bertz CT molecular complexity index is 667. The quantitative estimate of drug-likeness (QED) is 0.856. The number of alkyl halides is 2. The van der Waals surface area contributed by atoms with Crippen molar-refractivity contribution in [1.29, 1.82) is 0 Å². The van der Waals surface area contributed by atoms with Crippen molar-refractivity contribution in [3.05, 3.63) is 29.6 Å². The summed E-state index contributed by atoms with van der Waals surface area (Å²) in [6.07, 6.45) is 1.79. The molecule has 2 fully saturated rings. The Morgan fingerprint density at radius 2 is 1.88 bits per heavy atom. The average Bonchev–Trinajstić information content (AvgIpc) is 3.06. The number of benzene rings is 1. The van der Waals surface area contributed by atoms with Crippen LogP contribution in [0.15, 0.2) is 18.2 Å². The number of anilines is 1. The first-order valence-electron chi connectivity index (χ1n) is 9.15. The number of nitrogens with one attached hydrogen (secondary N) is 1. The lowest BCUT2D eigenvalue weighted by molar-refractivity contribution is -0.191. The van der Waals surface area contributed by atoms with E-state index in [1.165, 1.54) is 6.07 Å². The number of amides is 1. The van der Waals surface area contributed by atoms with Gasteiger partial charge in [-0.25, -0.2) is 4.39 Å². The average molecular weight is 370 g/mol. The number of aryl methyl sites for hydroxylation is 1. The van der Waals surface area contributed by atoms with Crippen LogP contribution in [0.25, 0.3) is 0 Å². The zero-order chi connectivity index (χ0) is 18.9. The Kier molecular flexibility index (Phi) is 5.19. The summed E-state index contributed by atoms with van der Waals surface area (Å²) >= 11 is 0. The van der Waals surface area contributed by atoms with Crippen LogP contribution in [0, 0.1) is 12.7 Å². The van der Waals surface area contributed by atoms with Crippen molar-refractivity contribution < 1.29 is 23.1 Å². The zero-order valence-electron chi connectivity index (χ0n) is 14.9. The third kappa shape index (κ3) is 3.54. The summed E-state index contributed by atoms with van der Waals surface area (Å²) in [6.45, 7) is 2.83. The van der Waals surface area contributed by atoms with Crippen molar-refractivity contribution >= 4 is 11.6 Å². The minimum atomic E-state index is -3.79. The number of carbonyl (C=O) groups is 1. The molecule has 0 aromatic heterocycles. The topological polar surface area (TPSA) is 52.6 Å². The van der Waals surface area contributed by atoms with Crippen LogP contribution in [-0.2, 0) is 4.79 Å². The molecular weight excluding hydrogens is 345 g/mol. The van der Waals surface area contributed by atoms with Crippen LogP contribution in [0.3, 0.4) is 0 Å². The second-order valence-corrected chi connectivity index (χ2v) is 7.50. The third-order valence-electron chi connectivity index (χ3n) is 5.57. The van der Waals surface area contributed by atoms with Gasteiger partial charge in [-0.15, -0.1) is 0 Å². The van der Waals surface area contributed by atoms with Gasteiger partial charge in [0.2, 0.25) is 0 Å². The maximum Gasteiger partial charge on any atom is 0.352 e. The van der Waals surface area contributed by atoms with E-state index in [4.69, 9.17) is 0 Å². The molecule has 0 atom stereocenters. The van der Waals surface area contributed by atoms with Crippen molar-refractivity contribution in [3.63, 3.8) is 0 Å². The standard InChI is InChI=1S/C19H25F3N2O2/c1-13-4-5-15(20)16(12-13)24-10-6-14(7-11-24)23-17(25)19(21,22)18(26)8-2-3-9-18/h4-5,12,14,26H,2-3,6-11H2,1H3,(H,23,25). The fraction of sp³-hybridized carbons (Fsp3) is 0.632. The van der Waals surface area contributed by atoms with Gasteiger partial charge in [0.25, 0.3) is 5.91 Å². The van der Waals surface area contributed by atoms with Crippen molar-refractivity contribution in [2.75, 3.05) is 18.0 Å². The first-order valence-corrected chi connectivity index (χ1v) is 9.15. The predicted molar refractivity (Wildman–Crippen MR) is 92.9 cm³/mol. The van der Waals surface area contributed by atoms with Gasteiger partial charge in [-0.3, -0.25) is 4.79 Å². The summed E-state index contributed by atoms with van der Waals surface area (Å²) in [7, 11) is 0. The molecule has 1 saturated carbocycles. The van der Waals surface area contributed by atoms with Gasteiger partial charge >= 0.3 is 5.92 Å². The monoisotopic (exact) mass is 370 g/mol. The molecule has 1 heterocycles. The summed E-state index contributed by atoms with van der Waals surface area (Å²) in [5.74, 6) is -5.50. The van der Waals surface area contributed by atoms with Gasteiger partial charge in [-0.1, -0.05) is 18.9 Å². The van der Waals surface area contributed by atoms with E-state index in [0.29, 0.717) is 44.5 Å². The third-order valence-corrected chi connectivity index (χ3v) is 5.57. The predicted octanol–water partition coefficient (Wildman–Crippen LogP) is 3.16.